The molecule has 152 valence electrons. The van der Waals surface area contributed by atoms with E-state index in [1.807, 2.05) is 42.5 Å². The second-order valence-electron chi connectivity index (χ2n) is 7.51. The van der Waals surface area contributed by atoms with E-state index in [0.29, 0.717) is 23.6 Å². The van der Waals surface area contributed by atoms with Crippen molar-refractivity contribution in [1.82, 2.24) is 4.98 Å². The van der Waals surface area contributed by atoms with Crippen LogP contribution in [0.3, 0.4) is 0 Å². The molecular formula is C25H20N3O3+. The molecule has 5 rings (SSSR count). The van der Waals surface area contributed by atoms with Crippen LogP contribution >= 0.6 is 0 Å². The van der Waals surface area contributed by atoms with Gasteiger partial charge in [0.1, 0.15) is 23.4 Å². The molecule has 1 aliphatic heterocycles. The number of nitrogens with zero attached hydrogens (tertiary/aromatic N) is 2. The van der Waals surface area contributed by atoms with Crippen LogP contribution in [0.4, 0.5) is 5.82 Å². The Hall–Kier alpha value is -4.19. The minimum Gasteiger partial charge on any atom is -0.508 e. The molecule has 0 spiro atoms. The molecule has 31 heavy (non-hydrogen) atoms. The third-order valence-corrected chi connectivity index (χ3v) is 5.38. The number of benzene rings is 3. The summed E-state index contributed by atoms with van der Waals surface area (Å²) >= 11 is 0. The maximum atomic E-state index is 13.3. The summed E-state index contributed by atoms with van der Waals surface area (Å²) in [6, 6.07) is 22.9. The van der Waals surface area contributed by atoms with Gasteiger partial charge in [0, 0.05) is 17.5 Å². The van der Waals surface area contributed by atoms with Gasteiger partial charge in [-0.05, 0) is 42.0 Å². The highest BCUT2D eigenvalue weighted by atomic mass is 16.3. The van der Waals surface area contributed by atoms with E-state index in [1.165, 1.54) is 0 Å². The topological polar surface area (TPSA) is 86.3 Å². The fraction of sp³-hybridized carbons (Fsp3) is 0.0800. The molecule has 3 N–H and O–H groups in total. The first-order valence-electron chi connectivity index (χ1n) is 9.99. The summed E-state index contributed by atoms with van der Waals surface area (Å²) < 4.78 is 1.63. The van der Waals surface area contributed by atoms with Gasteiger partial charge in [-0.1, -0.05) is 42.5 Å². The zero-order valence-corrected chi connectivity index (χ0v) is 16.6. The third-order valence-electron chi connectivity index (χ3n) is 5.38. The van der Waals surface area contributed by atoms with Crippen LogP contribution in [0.2, 0.25) is 0 Å². The lowest BCUT2D eigenvalue weighted by atomic mass is 10.1. The number of anilines is 1. The van der Waals surface area contributed by atoms with Crippen LogP contribution in [0.5, 0.6) is 11.5 Å². The second-order valence-corrected chi connectivity index (χ2v) is 7.51. The number of hydrogen-bond acceptors (Lipinski definition) is 5. The van der Waals surface area contributed by atoms with E-state index in [9.17, 15) is 15.0 Å². The fourth-order valence-electron chi connectivity index (χ4n) is 3.78. The van der Waals surface area contributed by atoms with Crippen molar-refractivity contribution >= 4 is 11.7 Å². The molecule has 0 saturated heterocycles. The lowest BCUT2D eigenvalue weighted by Crippen LogP contribution is -2.43. The Balaban J connectivity index is 1.58. The van der Waals surface area contributed by atoms with Gasteiger partial charge >= 0.3 is 11.7 Å². The normalized spacial score (nSPS) is 14.8. The lowest BCUT2D eigenvalue weighted by molar-refractivity contribution is -0.551. The zero-order valence-electron chi connectivity index (χ0n) is 16.6. The van der Waals surface area contributed by atoms with Crippen molar-refractivity contribution in [3.8, 4) is 34.0 Å². The van der Waals surface area contributed by atoms with Gasteiger partial charge in [0.15, 0.2) is 11.7 Å². The molecule has 0 saturated carbocycles. The van der Waals surface area contributed by atoms with Crippen molar-refractivity contribution in [1.29, 1.82) is 0 Å². The first kappa shape index (κ1) is 18.8. The minimum absolute atomic E-state index is 0.0670. The molecule has 0 amide bonds. The Kier molecular flexibility index (Phi) is 4.59. The third kappa shape index (κ3) is 3.59. The highest BCUT2D eigenvalue weighted by Crippen LogP contribution is 2.30. The molecule has 6 heteroatoms. The van der Waals surface area contributed by atoms with Crippen LogP contribution in [-0.4, -0.2) is 27.1 Å². The number of hydrogen-bond donors (Lipinski definition) is 3. The van der Waals surface area contributed by atoms with Crippen LogP contribution in [0.25, 0.3) is 22.5 Å². The Morgan fingerprint density at radius 1 is 0.839 bits per heavy atom. The minimum atomic E-state index is -0.441. The summed E-state index contributed by atoms with van der Waals surface area (Å²) in [5.41, 5.74) is 3.98. The van der Waals surface area contributed by atoms with E-state index in [1.54, 1.807) is 47.2 Å². The van der Waals surface area contributed by atoms with E-state index < -0.39 is 6.04 Å². The van der Waals surface area contributed by atoms with Crippen molar-refractivity contribution in [2.24, 2.45) is 0 Å². The Morgan fingerprint density at radius 3 is 2.16 bits per heavy atom. The van der Waals surface area contributed by atoms with Crippen LogP contribution in [0.1, 0.15) is 10.4 Å². The molecule has 1 aromatic heterocycles. The molecule has 1 aliphatic rings. The lowest BCUT2D eigenvalue weighted by Gasteiger charge is -2.07. The molecule has 0 bridgehead atoms. The largest absolute Gasteiger partial charge is 0.508 e. The maximum absolute atomic E-state index is 13.3. The molecule has 3 aromatic carbocycles. The Morgan fingerprint density at radius 2 is 1.48 bits per heavy atom. The van der Waals surface area contributed by atoms with Gasteiger partial charge in [-0.2, -0.15) is 4.57 Å². The van der Waals surface area contributed by atoms with Crippen LogP contribution in [-0.2, 0) is 6.42 Å². The number of fused-ring (bicyclic) bond motifs is 1. The number of aromatic nitrogens is 2. The SMILES string of the molecule is O=C1C(Cc2ccc(O)cc2)Nc2c(-c3ccccc3)nc(-c3ccc(O)cc3)c[n+]21. The van der Waals surface area contributed by atoms with Crippen molar-refractivity contribution in [3.05, 3.63) is 90.6 Å². The zero-order chi connectivity index (χ0) is 21.4. The monoisotopic (exact) mass is 410 g/mol. The fourth-order valence-corrected chi connectivity index (χ4v) is 3.78. The Labute approximate surface area is 179 Å². The average Bonchev–Trinajstić information content (AvgIpc) is 3.11. The number of rotatable bonds is 4. The highest BCUT2D eigenvalue weighted by molar-refractivity contribution is 5.86. The molecule has 4 aromatic rings. The van der Waals surface area contributed by atoms with Gasteiger partial charge < -0.3 is 10.2 Å². The summed E-state index contributed by atoms with van der Waals surface area (Å²) in [5, 5.41) is 22.5. The first-order valence-corrected chi connectivity index (χ1v) is 9.99. The number of phenols is 2. The number of carbonyl (C=O) groups is 1. The van der Waals surface area contributed by atoms with Crippen molar-refractivity contribution in [2.45, 2.75) is 12.5 Å². The predicted molar refractivity (Wildman–Crippen MR) is 117 cm³/mol. The molecule has 2 heterocycles. The summed E-state index contributed by atoms with van der Waals surface area (Å²) in [6.45, 7) is 0. The smallest absolute Gasteiger partial charge is 0.359 e. The second kappa shape index (κ2) is 7.57. The molecule has 0 fully saturated rings. The van der Waals surface area contributed by atoms with E-state index in [2.05, 4.69) is 5.32 Å². The molecular weight excluding hydrogens is 390 g/mol. The van der Waals surface area contributed by atoms with Gasteiger partial charge in [-0.3, -0.25) is 5.32 Å². The van der Waals surface area contributed by atoms with E-state index >= 15 is 0 Å². The molecule has 6 nitrogen and oxygen atoms in total. The Bertz CT molecular complexity index is 1250. The van der Waals surface area contributed by atoms with Crippen LogP contribution < -0.4 is 9.88 Å². The number of nitrogens with one attached hydrogen (secondary N) is 1. The number of phenolic OH excluding ortho intramolecular Hbond substituents is 2. The number of carbonyl (C=O) groups excluding carboxylic acids is 1. The van der Waals surface area contributed by atoms with Gasteiger partial charge in [-0.15, -0.1) is 0 Å². The van der Waals surface area contributed by atoms with Gasteiger partial charge in [-0.25, -0.2) is 9.78 Å². The molecule has 1 unspecified atom stereocenters. The number of aromatic hydroxyl groups is 2. The van der Waals surface area contributed by atoms with E-state index in [0.717, 1.165) is 16.7 Å². The summed E-state index contributed by atoms with van der Waals surface area (Å²) in [6.07, 6.45) is 2.23. The van der Waals surface area contributed by atoms with Gasteiger partial charge in [0.25, 0.3) is 0 Å². The van der Waals surface area contributed by atoms with Gasteiger partial charge in [0.2, 0.25) is 0 Å². The van der Waals surface area contributed by atoms with E-state index in [4.69, 9.17) is 4.98 Å². The standard InChI is InChI=1S/C25H19N3O3/c29-19-10-6-16(7-11-19)14-21-25(31)28-15-22(17-8-12-20(30)13-9-17)26-23(24(28)27-21)18-4-2-1-3-5-18/h1-13,15,21,29-30H,14H2/p+1. The molecule has 1 atom stereocenters. The summed E-state index contributed by atoms with van der Waals surface area (Å²) in [5.74, 6) is 0.957. The molecule has 0 radical (unpaired) electrons. The highest BCUT2D eigenvalue weighted by Gasteiger charge is 2.41. The maximum Gasteiger partial charge on any atom is 0.359 e. The predicted octanol–water partition coefficient (Wildman–Crippen LogP) is 3.79. The van der Waals surface area contributed by atoms with Crippen molar-refractivity contribution < 1.29 is 19.6 Å². The van der Waals surface area contributed by atoms with E-state index in [-0.39, 0.29) is 17.4 Å². The van der Waals surface area contributed by atoms with Crippen LogP contribution in [0, 0.1) is 0 Å². The quantitative estimate of drug-likeness (QED) is 0.446. The molecule has 0 aliphatic carbocycles. The van der Waals surface area contributed by atoms with Crippen LogP contribution in [0.15, 0.2) is 85.1 Å². The van der Waals surface area contributed by atoms with Crippen molar-refractivity contribution in [3.63, 3.8) is 0 Å². The average molecular weight is 410 g/mol. The summed E-state index contributed by atoms with van der Waals surface area (Å²) in [4.78, 5) is 18.1. The summed E-state index contributed by atoms with van der Waals surface area (Å²) in [7, 11) is 0. The van der Waals surface area contributed by atoms with Crippen molar-refractivity contribution in [2.75, 3.05) is 5.32 Å². The van der Waals surface area contributed by atoms with Gasteiger partial charge in [0.05, 0.1) is 0 Å². The first-order chi connectivity index (χ1) is 15.1.